The van der Waals surface area contributed by atoms with Crippen LogP contribution in [-0.2, 0) is 11.8 Å². The van der Waals surface area contributed by atoms with E-state index < -0.39 is 6.04 Å². The Hall–Kier alpha value is -1.57. The lowest BCUT2D eigenvalue weighted by Gasteiger charge is -2.15. The van der Waals surface area contributed by atoms with Gasteiger partial charge in [0.25, 0.3) is 0 Å². The second-order valence-electron chi connectivity index (χ2n) is 5.23. The van der Waals surface area contributed by atoms with Gasteiger partial charge in [-0.05, 0) is 35.9 Å². The van der Waals surface area contributed by atoms with Gasteiger partial charge in [-0.2, -0.15) is 0 Å². The zero-order chi connectivity index (χ0) is 16.3. The van der Waals surface area contributed by atoms with Crippen molar-refractivity contribution in [3.05, 3.63) is 29.5 Å². The van der Waals surface area contributed by atoms with Gasteiger partial charge >= 0.3 is 0 Å². The summed E-state index contributed by atoms with van der Waals surface area (Å²) in [5, 5.41) is 11.9. The van der Waals surface area contributed by atoms with E-state index in [2.05, 4.69) is 15.5 Å². The quantitative estimate of drug-likeness (QED) is 0.874. The van der Waals surface area contributed by atoms with Crippen molar-refractivity contribution in [3.63, 3.8) is 0 Å². The maximum atomic E-state index is 11.9. The Kier molecular flexibility index (Phi) is 5.44. The van der Waals surface area contributed by atoms with E-state index in [0.717, 1.165) is 10.1 Å². The molecule has 0 saturated carbocycles. The number of halogens is 1. The number of nitrogens with two attached hydrogens (primary N) is 1. The Balaban J connectivity index is 2.10. The van der Waals surface area contributed by atoms with Crippen LogP contribution in [-0.4, -0.2) is 26.7 Å². The van der Waals surface area contributed by atoms with Gasteiger partial charge in [-0.15, -0.1) is 10.2 Å². The molecule has 0 bridgehead atoms. The van der Waals surface area contributed by atoms with Gasteiger partial charge in [0, 0.05) is 17.6 Å². The van der Waals surface area contributed by atoms with Gasteiger partial charge < -0.3 is 15.6 Å². The molecule has 118 valence electrons. The monoisotopic (exact) mass is 339 g/mol. The summed E-state index contributed by atoms with van der Waals surface area (Å²) >= 11 is 7.67. The molecule has 0 aliphatic rings. The van der Waals surface area contributed by atoms with Crippen molar-refractivity contribution in [1.29, 1.82) is 0 Å². The molecule has 0 aliphatic carbocycles. The molecule has 1 aromatic carbocycles. The fourth-order valence-electron chi connectivity index (χ4n) is 1.65. The van der Waals surface area contributed by atoms with Crippen LogP contribution >= 0.6 is 23.4 Å². The highest BCUT2D eigenvalue weighted by molar-refractivity contribution is 7.99. The van der Waals surface area contributed by atoms with E-state index in [9.17, 15) is 4.79 Å². The SMILES string of the molecule is CC(C)[C@H](N)C(=O)Nc1ccc(Sc2nncn2C)c(Cl)c1. The molecular weight excluding hydrogens is 322 g/mol. The van der Waals surface area contributed by atoms with Crippen LogP contribution in [0.25, 0.3) is 0 Å². The first-order valence-electron chi connectivity index (χ1n) is 6.76. The summed E-state index contributed by atoms with van der Waals surface area (Å²) in [4.78, 5) is 12.8. The predicted molar refractivity (Wildman–Crippen MR) is 88.0 cm³/mol. The molecule has 8 heteroatoms. The number of amides is 1. The van der Waals surface area contributed by atoms with Gasteiger partial charge in [-0.1, -0.05) is 25.4 Å². The second kappa shape index (κ2) is 7.13. The molecule has 0 saturated heterocycles. The van der Waals surface area contributed by atoms with Crippen LogP contribution in [0.4, 0.5) is 5.69 Å². The molecular formula is C14H18ClN5OS. The molecule has 6 nitrogen and oxygen atoms in total. The minimum Gasteiger partial charge on any atom is -0.325 e. The van der Waals surface area contributed by atoms with Gasteiger partial charge in [0.1, 0.15) is 6.33 Å². The Labute approximate surface area is 138 Å². The highest BCUT2D eigenvalue weighted by atomic mass is 35.5. The number of carbonyl (C=O) groups excluding carboxylic acids is 1. The molecule has 0 aliphatic heterocycles. The normalized spacial score (nSPS) is 12.5. The Bertz CT molecular complexity index is 673. The molecule has 0 fully saturated rings. The third-order valence-electron chi connectivity index (χ3n) is 3.09. The first-order valence-corrected chi connectivity index (χ1v) is 7.95. The van der Waals surface area contributed by atoms with E-state index in [1.807, 2.05) is 27.0 Å². The highest BCUT2D eigenvalue weighted by Crippen LogP contribution is 2.33. The lowest BCUT2D eigenvalue weighted by atomic mass is 10.1. The van der Waals surface area contributed by atoms with Gasteiger partial charge in [0.2, 0.25) is 5.91 Å². The van der Waals surface area contributed by atoms with Crippen molar-refractivity contribution in [2.45, 2.75) is 29.9 Å². The van der Waals surface area contributed by atoms with Crippen LogP contribution < -0.4 is 11.1 Å². The first kappa shape index (κ1) is 16.8. The minimum absolute atomic E-state index is 0.0706. The van der Waals surface area contributed by atoms with Crippen molar-refractivity contribution >= 4 is 35.0 Å². The van der Waals surface area contributed by atoms with Crippen LogP contribution in [0, 0.1) is 5.92 Å². The zero-order valence-corrected chi connectivity index (χ0v) is 14.1. The highest BCUT2D eigenvalue weighted by Gasteiger charge is 2.17. The second-order valence-corrected chi connectivity index (χ2v) is 6.65. The van der Waals surface area contributed by atoms with Crippen LogP contribution in [0.3, 0.4) is 0 Å². The number of aromatic nitrogens is 3. The smallest absolute Gasteiger partial charge is 0.241 e. The van der Waals surface area contributed by atoms with Gasteiger partial charge in [-0.3, -0.25) is 4.79 Å². The fourth-order valence-corrected chi connectivity index (χ4v) is 2.72. The number of anilines is 1. The molecule has 1 heterocycles. The van der Waals surface area contributed by atoms with E-state index in [4.69, 9.17) is 17.3 Å². The van der Waals surface area contributed by atoms with E-state index in [1.165, 1.54) is 11.8 Å². The summed E-state index contributed by atoms with van der Waals surface area (Å²) in [5.74, 6) is -0.152. The van der Waals surface area contributed by atoms with Crippen molar-refractivity contribution < 1.29 is 4.79 Å². The molecule has 3 N–H and O–H groups in total. The number of hydrogen-bond acceptors (Lipinski definition) is 5. The largest absolute Gasteiger partial charge is 0.325 e. The van der Waals surface area contributed by atoms with Crippen LogP contribution in [0.15, 0.2) is 34.6 Å². The molecule has 1 amide bonds. The summed E-state index contributed by atoms with van der Waals surface area (Å²) < 4.78 is 1.80. The summed E-state index contributed by atoms with van der Waals surface area (Å²) in [5.41, 5.74) is 6.43. The molecule has 2 rings (SSSR count). The van der Waals surface area contributed by atoms with E-state index >= 15 is 0 Å². The lowest BCUT2D eigenvalue weighted by Crippen LogP contribution is -2.39. The number of hydrogen-bond donors (Lipinski definition) is 2. The minimum atomic E-state index is -0.550. The van der Waals surface area contributed by atoms with Gasteiger partial charge in [-0.25, -0.2) is 0 Å². The predicted octanol–water partition coefficient (Wildman–Crippen LogP) is 2.54. The lowest BCUT2D eigenvalue weighted by molar-refractivity contribution is -0.118. The summed E-state index contributed by atoms with van der Waals surface area (Å²) in [6.45, 7) is 3.80. The van der Waals surface area contributed by atoms with Gasteiger partial charge in [0.15, 0.2) is 5.16 Å². The van der Waals surface area contributed by atoms with Crippen molar-refractivity contribution in [2.24, 2.45) is 18.7 Å². The van der Waals surface area contributed by atoms with E-state index in [0.29, 0.717) is 10.7 Å². The molecule has 0 spiro atoms. The fraction of sp³-hybridized carbons (Fsp3) is 0.357. The topological polar surface area (TPSA) is 85.8 Å². The molecule has 2 aromatic rings. The van der Waals surface area contributed by atoms with Crippen LogP contribution in [0.2, 0.25) is 5.02 Å². The van der Waals surface area contributed by atoms with Crippen molar-refractivity contribution in [3.8, 4) is 0 Å². The molecule has 0 unspecified atom stereocenters. The summed E-state index contributed by atoms with van der Waals surface area (Å²) in [6, 6.07) is 4.77. The van der Waals surface area contributed by atoms with E-state index in [-0.39, 0.29) is 11.8 Å². The molecule has 1 aromatic heterocycles. The average molecular weight is 340 g/mol. The molecule has 1 atom stereocenters. The molecule has 22 heavy (non-hydrogen) atoms. The van der Waals surface area contributed by atoms with Crippen LogP contribution in [0.1, 0.15) is 13.8 Å². The Morgan fingerprint density at radius 1 is 1.45 bits per heavy atom. The Morgan fingerprint density at radius 3 is 2.73 bits per heavy atom. The maximum absolute atomic E-state index is 11.9. The third-order valence-corrected chi connectivity index (χ3v) is 4.64. The summed E-state index contributed by atoms with van der Waals surface area (Å²) in [7, 11) is 1.86. The number of aryl methyl sites for hydroxylation is 1. The Morgan fingerprint density at radius 2 is 2.18 bits per heavy atom. The number of benzene rings is 1. The zero-order valence-electron chi connectivity index (χ0n) is 12.6. The number of carbonyl (C=O) groups is 1. The molecule has 0 radical (unpaired) electrons. The number of nitrogens with one attached hydrogen (secondary N) is 1. The summed E-state index contributed by atoms with van der Waals surface area (Å²) in [6.07, 6.45) is 1.62. The van der Waals surface area contributed by atoms with Gasteiger partial charge in [0.05, 0.1) is 11.1 Å². The number of rotatable bonds is 5. The average Bonchev–Trinajstić information content (AvgIpc) is 2.86. The first-order chi connectivity index (χ1) is 10.4. The maximum Gasteiger partial charge on any atom is 0.241 e. The third kappa shape index (κ3) is 4.00. The van der Waals surface area contributed by atoms with Crippen LogP contribution in [0.5, 0.6) is 0 Å². The number of nitrogens with zero attached hydrogens (tertiary/aromatic N) is 3. The standard InChI is InChI=1S/C14H18ClN5OS/c1-8(2)12(16)13(21)18-9-4-5-11(10(15)6-9)22-14-19-17-7-20(14)3/h4-8,12H,16H2,1-3H3,(H,18,21)/t12-/m0/s1. The van der Waals surface area contributed by atoms with Crippen molar-refractivity contribution in [2.75, 3.05) is 5.32 Å². The van der Waals surface area contributed by atoms with E-state index in [1.54, 1.807) is 23.0 Å². The van der Waals surface area contributed by atoms with Crippen molar-refractivity contribution in [1.82, 2.24) is 14.8 Å².